The molecule has 2 aliphatic heterocycles. The third kappa shape index (κ3) is 2.77. The Balaban J connectivity index is 1.82. The molecule has 2 fully saturated rings. The summed E-state index contributed by atoms with van der Waals surface area (Å²) in [4.78, 5) is 15.0. The van der Waals surface area contributed by atoms with Crippen LogP contribution in [0.5, 0.6) is 0 Å². The summed E-state index contributed by atoms with van der Waals surface area (Å²) in [6, 6.07) is 10.8. The Morgan fingerprint density at radius 2 is 1.92 bits per heavy atom. The second kappa shape index (κ2) is 6.83. The number of methoxy groups -OCH3 is 1. The van der Waals surface area contributed by atoms with Gasteiger partial charge >= 0.3 is 5.97 Å². The van der Waals surface area contributed by atoms with Crippen LogP contribution in [0.4, 0.5) is 0 Å². The van der Waals surface area contributed by atoms with Crippen molar-refractivity contribution in [3.8, 4) is 0 Å². The van der Waals surface area contributed by atoms with Gasteiger partial charge in [-0.25, -0.2) is 4.79 Å². The zero-order chi connectivity index (χ0) is 17.3. The van der Waals surface area contributed by atoms with Crippen molar-refractivity contribution in [2.75, 3.05) is 20.2 Å². The number of ether oxygens (including phenoxy) is 1. The summed E-state index contributed by atoms with van der Waals surface area (Å²) in [7, 11) is 1.46. The average molecular weight is 340 g/mol. The van der Waals surface area contributed by atoms with Crippen LogP contribution in [-0.4, -0.2) is 36.6 Å². The van der Waals surface area contributed by atoms with Gasteiger partial charge in [0.05, 0.1) is 18.7 Å². The van der Waals surface area contributed by atoms with Gasteiger partial charge in [-0.2, -0.15) is 0 Å². The molecule has 3 atom stereocenters. The Hall–Kier alpha value is -1.81. The number of carbonyl (C=O) groups excluding carboxylic acids is 1. The molecular formula is C21H28N2O2. The van der Waals surface area contributed by atoms with Crippen molar-refractivity contribution >= 4 is 5.97 Å². The lowest BCUT2D eigenvalue weighted by Crippen LogP contribution is -2.63. The van der Waals surface area contributed by atoms with Gasteiger partial charge < -0.3 is 10.1 Å². The van der Waals surface area contributed by atoms with E-state index in [0.29, 0.717) is 11.6 Å². The number of nitrogens with one attached hydrogen (secondary N) is 1. The van der Waals surface area contributed by atoms with Gasteiger partial charge in [-0.1, -0.05) is 43.2 Å². The predicted octanol–water partition coefficient (Wildman–Crippen LogP) is 3.41. The van der Waals surface area contributed by atoms with Crippen LogP contribution in [0.3, 0.4) is 0 Å². The van der Waals surface area contributed by atoms with E-state index in [1.165, 1.54) is 57.9 Å². The average Bonchev–Trinajstić information content (AvgIpc) is 3.22. The number of hydrogen-bond donors (Lipinski definition) is 1. The van der Waals surface area contributed by atoms with E-state index in [0.717, 1.165) is 6.42 Å². The summed E-state index contributed by atoms with van der Waals surface area (Å²) in [6.45, 7) is 2.34. The normalized spacial score (nSPS) is 32.4. The van der Waals surface area contributed by atoms with Gasteiger partial charge in [0, 0.05) is 5.92 Å². The first-order valence-corrected chi connectivity index (χ1v) is 9.62. The number of likely N-dealkylation sites (tertiary alicyclic amines) is 1. The molecule has 0 bridgehead atoms. The Bertz CT molecular complexity index is 651. The molecule has 0 amide bonds. The predicted molar refractivity (Wildman–Crippen MR) is 97.9 cm³/mol. The standard InChI is InChI=1S/C21H28N2O2/c1-25-20(24)18-15-17-11-5-6-12-21(17,23-13-7-8-14-23)19(22-18)16-9-3-2-4-10-16/h2-4,9-10,15,17,19,22H,5-8,11-14H2,1H3/t17-,19-,21+/m0/s1. The highest BCUT2D eigenvalue weighted by Crippen LogP contribution is 2.51. The fraction of sp³-hybridized carbons (Fsp3) is 0.571. The van der Waals surface area contributed by atoms with E-state index in [2.05, 4.69) is 46.6 Å². The third-order valence-corrected chi connectivity index (χ3v) is 6.39. The lowest BCUT2D eigenvalue weighted by molar-refractivity contribution is -0.137. The first-order chi connectivity index (χ1) is 12.3. The van der Waals surface area contributed by atoms with E-state index in [4.69, 9.17) is 4.74 Å². The molecule has 1 saturated heterocycles. The summed E-state index contributed by atoms with van der Waals surface area (Å²) >= 11 is 0. The van der Waals surface area contributed by atoms with Crippen molar-refractivity contribution in [2.45, 2.75) is 50.1 Å². The van der Waals surface area contributed by atoms with E-state index >= 15 is 0 Å². The van der Waals surface area contributed by atoms with Crippen LogP contribution in [-0.2, 0) is 9.53 Å². The molecular weight excluding hydrogens is 312 g/mol. The lowest BCUT2D eigenvalue weighted by Gasteiger charge is -2.56. The molecule has 25 heavy (non-hydrogen) atoms. The number of esters is 1. The van der Waals surface area contributed by atoms with Crippen molar-refractivity contribution < 1.29 is 9.53 Å². The van der Waals surface area contributed by atoms with Gasteiger partial charge in [-0.3, -0.25) is 4.90 Å². The number of fused-ring (bicyclic) bond motifs is 1. The Morgan fingerprint density at radius 3 is 2.64 bits per heavy atom. The molecule has 0 radical (unpaired) electrons. The number of carbonyl (C=O) groups is 1. The van der Waals surface area contributed by atoms with Crippen LogP contribution in [0.1, 0.15) is 50.1 Å². The van der Waals surface area contributed by atoms with Crippen LogP contribution < -0.4 is 5.32 Å². The maximum Gasteiger partial charge on any atom is 0.353 e. The molecule has 0 unspecified atom stereocenters. The summed E-state index contributed by atoms with van der Waals surface area (Å²) in [5.41, 5.74) is 1.99. The highest BCUT2D eigenvalue weighted by molar-refractivity contribution is 5.88. The first kappa shape index (κ1) is 16.6. The highest BCUT2D eigenvalue weighted by atomic mass is 16.5. The Kier molecular flexibility index (Phi) is 4.55. The Labute approximate surface area is 150 Å². The minimum absolute atomic E-state index is 0.0770. The van der Waals surface area contributed by atoms with Gasteiger partial charge in [0.1, 0.15) is 5.70 Å². The molecule has 1 saturated carbocycles. The van der Waals surface area contributed by atoms with Crippen LogP contribution in [0, 0.1) is 5.92 Å². The molecule has 1 N–H and O–H groups in total. The summed E-state index contributed by atoms with van der Waals surface area (Å²) in [5.74, 6) is 0.154. The van der Waals surface area contributed by atoms with Gasteiger partial charge in [0.2, 0.25) is 0 Å². The minimum atomic E-state index is -0.249. The molecule has 2 heterocycles. The van der Waals surface area contributed by atoms with Crippen LogP contribution in [0.15, 0.2) is 42.1 Å². The lowest BCUT2D eigenvalue weighted by atomic mass is 9.64. The second-order valence-corrected chi connectivity index (χ2v) is 7.60. The molecule has 4 heteroatoms. The third-order valence-electron chi connectivity index (χ3n) is 6.39. The minimum Gasteiger partial charge on any atom is -0.464 e. The summed E-state index contributed by atoms with van der Waals surface area (Å²) < 4.78 is 5.03. The van der Waals surface area contributed by atoms with Gasteiger partial charge in [-0.05, 0) is 50.4 Å². The largest absolute Gasteiger partial charge is 0.464 e. The highest BCUT2D eigenvalue weighted by Gasteiger charge is 2.53. The van der Waals surface area contributed by atoms with E-state index in [9.17, 15) is 4.79 Å². The van der Waals surface area contributed by atoms with Gasteiger partial charge in [-0.15, -0.1) is 0 Å². The van der Waals surface area contributed by atoms with Crippen molar-refractivity contribution in [1.29, 1.82) is 0 Å². The fourth-order valence-corrected chi connectivity index (χ4v) is 5.29. The zero-order valence-corrected chi connectivity index (χ0v) is 15.0. The van der Waals surface area contributed by atoms with E-state index < -0.39 is 0 Å². The van der Waals surface area contributed by atoms with E-state index in [1.54, 1.807) is 0 Å². The van der Waals surface area contributed by atoms with Gasteiger partial charge in [0.25, 0.3) is 0 Å². The number of benzene rings is 1. The second-order valence-electron chi connectivity index (χ2n) is 7.60. The molecule has 4 nitrogen and oxygen atoms in total. The topological polar surface area (TPSA) is 41.6 Å². The number of nitrogens with zero attached hydrogens (tertiary/aromatic N) is 1. The van der Waals surface area contributed by atoms with Crippen molar-refractivity contribution in [3.05, 3.63) is 47.7 Å². The number of rotatable bonds is 3. The monoisotopic (exact) mass is 340 g/mol. The maximum absolute atomic E-state index is 12.3. The molecule has 134 valence electrons. The smallest absolute Gasteiger partial charge is 0.353 e. The molecule has 1 aliphatic carbocycles. The van der Waals surface area contributed by atoms with Crippen molar-refractivity contribution in [3.63, 3.8) is 0 Å². The zero-order valence-electron chi connectivity index (χ0n) is 15.0. The van der Waals surface area contributed by atoms with E-state index in [-0.39, 0.29) is 17.6 Å². The summed E-state index contributed by atoms with van der Waals surface area (Å²) in [5, 5.41) is 3.58. The van der Waals surface area contributed by atoms with Crippen molar-refractivity contribution in [1.82, 2.24) is 10.2 Å². The van der Waals surface area contributed by atoms with Crippen LogP contribution in [0.25, 0.3) is 0 Å². The molecule has 0 spiro atoms. The quantitative estimate of drug-likeness (QED) is 0.856. The van der Waals surface area contributed by atoms with Crippen LogP contribution >= 0.6 is 0 Å². The molecule has 0 aromatic heterocycles. The number of hydrogen-bond acceptors (Lipinski definition) is 4. The van der Waals surface area contributed by atoms with Crippen molar-refractivity contribution in [2.24, 2.45) is 5.92 Å². The molecule has 4 rings (SSSR count). The SMILES string of the molecule is COC(=O)C1=C[C@@H]2CCCC[C@]2(N2CCCC2)[C@H](c2ccccc2)N1. The molecule has 1 aromatic carbocycles. The summed E-state index contributed by atoms with van der Waals surface area (Å²) in [6.07, 6.45) is 9.58. The van der Waals surface area contributed by atoms with E-state index in [1.807, 2.05) is 0 Å². The molecule has 1 aromatic rings. The maximum atomic E-state index is 12.3. The fourth-order valence-electron chi connectivity index (χ4n) is 5.29. The Morgan fingerprint density at radius 1 is 1.16 bits per heavy atom. The first-order valence-electron chi connectivity index (χ1n) is 9.62. The van der Waals surface area contributed by atoms with Crippen LogP contribution in [0.2, 0.25) is 0 Å². The molecule has 3 aliphatic rings. The van der Waals surface area contributed by atoms with Gasteiger partial charge in [0.15, 0.2) is 0 Å².